The molecule has 1 aliphatic heterocycles. The highest BCUT2D eigenvalue weighted by Gasteiger charge is 2.32. The number of tetrazole rings is 1. The van der Waals surface area contributed by atoms with Gasteiger partial charge in [-0.25, -0.2) is 9.98 Å². The molecule has 0 spiro atoms. The van der Waals surface area contributed by atoms with E-state index in [9.17, 15) is 10.1 Å². The summed E-state index contributed by atoms with van der Waals surface area (Å²) in [5.41, 5.74) is 0.378. The van der Waals surface area contributed by atoms with Gasteiger partial charge < -0.3 is 30.2 Å². The summed E-state index contributed by atoms with van der Waals surface area (Å²) in [5.74, 6) is 1.48. The molecule has 0 aromatic carbocycles. The van der Waals surface area contributed by atoms with Gasteiger partial charge >= 0.3 is 5.97 Å². The van der Waals surface area contributed by atoms with Crippen LogP contribution in [0.1, 0.15) is 84.7 Å². The van der Waals surface area contributed by atoms with Crippen LogP contribution in [0.3, 0.4) is 0 Å². The number of carbonyl (C=O) groups is 1. The van der Waals surface area contributed by atoms with E-state index in [-0.39, 0.29) is 31.4 Å². The summed E-state index contributed by atoms with van der Waals surface area (Å²) in [4.78, 5) is 21.2. The zero-order chi connectivity index (χ0) is 36.1. The molecule has 272 valence electrons. The molecule has 0 amide bonds. The number of anilines is 1. The standard InChI is InChI=1S/C35H51ClN10O4/c1-24(19-49-20-32-43-44-45-46(32)23-50-33(47)34(3,4)5)40-26-10-12-27(13-11-26)41-31(38-6)18-28(25(2)36)29-8-7-9-30(42-29)39-22-35(21-37)14-16-48-17-15-35/h7-9,18,24,26-27,40-41H,6,10-17,19-20,22-23H2,1-5H3,(H,39,42)/b28-25-,31-18+/t24-,26?,27?/m0/s1. The summed E-state index contributed by atoms with van der Waals surface area (Å²) in [6.45, 7) is 15.4. The Morgan fingerprint density at radius 1 is 1.26 bits per heavy atom. The summed E-state index contributed by atoms with van der Waals surface area (Å²) in [7, 11) is 0. The number of hydrogen-bond donors (Lipinski definition) is 3. The Balaban J connectivity index is 1.23. The van der Waals surface area contributed by atoms with Crippen LogP contribution >= 0.6 is 11.6 Å². The number of hydrogen-bond acceptors (Lipinski definition) is 13. The van der Waals surface area contributed by atoms with Gasteiger partial charge in [0, 0.05) is 48.5 Å². The number of rotatable bonds is 16. The third-order valence-corrected chi connectivity index (χ3v) is 9.08. The van der Waals surface area contributed by atoms with E-state index in [1.165, 1.54) is 4.68 Å². The van der Waals surface area contributed by atoms with Crippen molar-refractivity contribution in [3.8, 4) is 6.07 Å². The molecule has 1 saturated carbocycles. The van der Waals surface area contributed by atoms with E-state index in [4.69, 9.17) is 30.8 Å². The van der Waals surface area contributed by atoms with Crippen molar-refractivity contribution in [1.29, 1.82) is 5.26 Å². The molecule has 2 aliphatic rings. The monoisotopic (exact) mass is 710 g/mol. The number of aromatic nitrogens is 5. The lowest BCUT2D eigenvalue weighted by Gasteiger charge is -2.32. The van der Waals surface area contributed by atoms with Crippen LogP contribution in [0.15, 0.2) is 40.1 Å². The van der Waals surface area contributed by atoms with Gasteiger partial charge in [0.2, 0.25) is 0 Å². The van der Waals surface area contributed by atoms with E-state index in [2.05, 4.69) is 56.2 Å². The number of nitrogens with one attached hydrogen (secondary N) is 3. The number of allylic oxidation sites excluding steroid dienone is 3. The summed E-state index contributed by atoms with van der Waals surface area (Å²) < 4.78 is 18.1. The zero-order valence-electron chi connectivity index (χ0n) is 29.9. The maximum atomic E-state index is 12.1. The van der Waals surface area contributed by atoms with Crippen LogP contribution in [0, 0.1) is 22.2 Å². The van der Waals surface area contributed by atoms with Crippen molar-refractivity contribution < 1.29 is 19.0 Å². The predicted molar refractivity (Wildman–Crippen MR) is 192 cm³/mol. The summed E-state index contributed by atoms with van der Waals surface area (Å²) in [5, 5.41) is 32.6. The fourth-order valence-electron chi connectivity index (χ4n) is 5.81. The van der Waals surface area contributed by atoms with Crippen molar-refractivity contribution in [3.05, 3.63) is 46.6 Å². The molecule has 14 nitrogen and oxygen atoms in total. The van der Waals surface area contributed by atoms with Crippen molar-refractivity contribution in [1.82, 2.24) is 35.8 Å². The van der Waals surface area contributed by atoms with Gasteiger partial charge in [-0.1, -0.05) is 17.7 Å². The second kappa shape index (κ2) is 18.4. The molecule has 3 N–H and O–H groups in total. The number of pyridine rings is 1. The zero-order valence-corrected chi connectivity index (χ0v) is 30.6. The molecule has 1 aliphatic carbocycles. The van der Waals surface area contributed by atoms with Gasteiger partial charge in [0.05, 0.1) is 29.2 Å². The molecule has 50 heavy (non-hydrogen) atoms. The van der Waals surface area contributed by atoms with Crippen molar-refractivity contribution in [2.45, 2.75) is 105 Å². The SMILES string of the molecule is C=N/C(=C\C(=C(/C)Cl)c1cccc(NCC2(C#N)CCOCC2)n1)NC1CCC(N[C@@H](C)COCc2nnnn2COC(=O)C(C)(C)C)CC1. The van der Waals surface area contributed by atoms with Crippen LogP contribution in [-0.4, -0.2) is 82.4 Å². The molecule has 2 fully saturated rings. The molecule has 1 atom stereocenters. The smallest absolute Gasteiger partial charge is 0.313 e. The van der Waals surface area contributed by atoms with Crippen LogP contribution in [0.25, 0.3) is 5.57 Å². The van der Waals surface area contributed by atoms with Crippen LogP contribution < -0.4 is 16.0 Å². The number of ether oxygens (including phenoxy) is 3. The third kappa shape index (κ3) is 11.6. The summed E-state index contributed by atoms with van der Waals surface area (Å²) >= 11 is 6.58. The van der Waals surface area contributed by atoms with Crippen molar-refractivity contribution >= 4 is 35.7 Å². The number of esters is 1. The van der Waals surface area contributed by atoms with Gasteiger partial charge in [0.15, 0.2) is 12.6 Å². The minimum Gasteiger partial charge on any atom is -0.442 e. The topological polar surface area (TPSA) is 173 Å². The number of carbonyl (C=O) groups excluding carboxylic acids is 1. The van der Waals surface area contributed by atoms with Crippen LogP contribution in [0.4, 0.5) is 5.82 Å². The average molecular weight is 711 g/mol. The van der Waals surface area contributed by atoms with E-state index in [0.29, 0.717) is 73.4 Å². The van der Waals surface area contributed by atoms with Crippen molar-refractivity contribution in [3.63, 3.8) is 0 Å². The lowest BCUT2D eigenvalue weighted by Crippen LogP contribution is -2.44. The minimum atomic E-state index is -0.605. The second-order valence-corrected chi connectivity index (χ2v) is 14.6. The fraction of sp³-hybridized carbons (Fsp3) is 0.629. The Morgan fingerprint density at radius 2 is 1.98 bits per heavy atom. The molecular weight excluding hydrogens is 660 g/mol. The first-order valence-corrected chi connectivity index (χ1v) is 17.6. The largest absolute Gasteiger partial charge is 0.442 e. The highest BCUT2D eigenvalue weighted by molar-refractivity contribution is 6.32. The summed E-state index contributed by atoms with van der Waals surface area (Å²) in [6, 6.07) is 8.93. The first-order valence-electron chi connectivity index (χ1n) is 17.2. The minimum absolute atomic E-state index is 0.0582. The van der Waals surface area contributed by atoms with Crippen LogP contribution in [-0.2, 0) is 32.3 Å². The van der Waals surface area contributed by atoms with E-state index >= 15 is 0 Å². The third-order valence-electron chi connectivity index (χ3n) is 8.88. The van der Waals surface area contributed by atoms with Crippen molar-refractivity contribution in [2.75, 3.05) is 31.7 Å². The highest BCUT2D eigenvalue weighted by atomic mass is 35.5. The Bertz CT molecular complexity index is 1530. The van der Waals surface area contributed by atoms with Crippen LogP contribution in [0.2, 0.25) is 0 Å². The molecule has 15 heteroatoms. The molecular formula is C35H51ClN10O4. The van der Waals surface area contributed by atoms with E-state index in [1.54, 1.807) is 20.8 Å². The quantitative estimate of drug-likeness (QED) is 0.122. The predicted octanol–water partition coefficient (Wildman–Crippen LogP) is 4.95. The van der Waals surface area contributed by atoms with Gasteiger partial charge in [-0.15, -0.1) is 5.10 Å². The molecule has 3 heterocycles. The number of aliphatic imine (C=N–C) groups is 1. The maximum Gasteiger partial charge on any atom is 0.313 e. The molecule has 1 saturated heterocycles. The maximum absolute atomic E-state index is 12.1. The molecule has 0 radical (unpaired) electrons. The van der Waals surface area contributed by atoms with E-state index < -0.39 is 10.8 Å². The van der Waals surface area contributed by atoms with Crippen LogP contribution in [0.5, 0.6) is 0 Å². The van der Waals surface area contributed by atoms with Gasteiger partial charge in [-0.3, -0.25) is 4.79 Å². The van der Waals surface area contributed by atoms with E-state index in [0.717, 1.165) is 31.3 Å². The Morgan fingerprint density at radius 3 is 2.64 bits per heavy atom. The van der Waals surface area contributed by atoms with Gasteiger partial charge in [-0.2, -0.15) is 9.94 Å². The molecule has 4 rings (SSSR count). The van der Waals surface area contributed by atoms with Crippen molar-refractivity contribution in [2.24, 2.45) is 15.8 Å². The van der Waals surface area contributed by atoms with Gasteiger partial charge in [0.25, 0.3) is 0 Å². The molecule has 2 aromatic heterocycles. The lowest BCUT2D eigenvalue weighted by atomic mass is 9.82. The first-order chi connectivity index (χ1) is 23.9. The lowest BCUT2D eigenvalue weighted by molar-refractivity contribution is -0.157. The highest BCUT2D eigenvalue weighted by Crippen LogP contribution is 2.30. The Kier molecular flexibility index (Phi) is 14.3. The van der Waals surface area contributed by atoms with Gasteiger partial charge in [0.1, 0.15) is 18.2 Å². The van der Waals surface area contributed by atoms with E-state index in [1.807, 2.05) is 31.2 Å². The summed E-state index contributed by atoms with van der Waals surface area (Å²) in [6.07, 6.45) is 7.19. The van der Waals surface area contributed by atoms with Gasteiger partial charge in [-0.05, 0) is 108 Å². The normalized spacial score (nSPS) is 20.6. The number of nitrogens with zero attached hydrogens (tertiary/aromatic N) is 7. The molecule has 2 aromatic rings. The average Bonchev–Trinajstić information content (AvgIpc) is 3.55. The Labute approximate surface area is 300 Å². The molecule has 0 bridgehead atoms. The first kappa shape index (κ1) is 38.9. The Hall–Kier alpha value is -3.90. The number of halogens is 1. The fourth-order valence-corrected chi connectivity index (χ4v) is 5.96. The molecule has 0 unspecified atom stereocenters. The second-order valence-electron chi connectivity index (χ2n) is 14.1. The number of nitriles is 1.